The van der Waals surface area contributed by atoms with Gasteiger partial charge in [-0.25, -0.2) is 16.8 Å². The number of benzene rings is 4. The van der Waals surface area contributed by atoms with Crippen LogP contribution in [0.15, 0.2) is 70.5 Å². The molecule has 6 nitrogen and oxygen atoms in total. The van der Waals surface area contributed by atoms with Gasteiger partial charge in [0.2, 0.25) is 0 Å². The van der Waals surface area contributed by atoms with Gasteiger partial charge in [0.15, 0.2) is 0 Å². The van der Waals surface area contributed by atoms with Crippen LogP contribution in [0, 0.1) is 0 Å². The van der Waals surface area contributed by atoms with Crippen molar-refractivity contribution >= 4 is 79.5 Å². The number of fused-ring (bicyclic) bond motifs is 2. The van der Waals surface area contributed by atoms with E-state index in [1.54, 1.807) is 12.1 Å². The molecule has 4 aromatic rings. The third kappa shape index (κ3) is 6.92. The molecule has 0 saturated heterocycles. The van der Waals surface area contributed by atoms with Crippen molar-refractivity contribution in [1.29, 1.82) is 0 Å². The van der Waals surface area contributed by atoms with Gasteiger partial charge in [0.05, 0.1) is 9.79 Å². The second-order valence-electron chi connectivity index (χ2n) is 8.45. The summed E-state index contributed by atoms with van der Waals surface area (Å²) in [6.45, 7) is 7.46. The molecule has 9 heteroatoms. The van der Waals surface area contributed by atoms with Crippen molar-refractivity contribution in [3.63, 3.8) is 0 Å². The van der Waals surface area contributed by atoms with E-state index in [-0.39, 0.29) is 47.5 Å². The summed E-state index contributed by atoms with van der Waals surface area (Å²) < 4.78 is 68.9. The molecule has 0 fully saturated rings. The molecule has 37 heavy (non-hydrogen) atoms. The Balaban J connectivity index is 0.000000253. The molecule has 4 aromatic carbocycles. The molecule has 0 radical (unpaired) electrons. The summed E-state index contributed by atoms with van der Waals surface area (Å²) in [6.07, 6.45) is 2.14. The quantitative estimate of drug-likeness (QED) is 0.229. The molecule has 0 bridgehead atoms. The molecule has 0 saturated carbocycles. The smallest absolute Gasteiger partial charge is 0.744 e. The maximum Gasteiger partial charge on any atom is 2.00 e. The minimum absolute atomic E-state index is 0. The van der Waals surface area contributed by atoms with Crippen LogP contribution in [-0.2, 0) is 45.9 Å². The van der Waals surface area contributed by atoms with Crippen LogP contribution in [0.2, 0.25) is 0 Å². The van der Waals surface area contributed by atoms with E-state index in [0.29, 0.717) is 47.9 Å². The van der Waals surface area contributed by atoms with Crippen LogP contribution in [-0.4, -0.2) is 63.7 Å². The zero-order valence-corrected chi connectivity index (χ0v) is 25.4. The third-order valence-corrected chi connectivity index (χ3v) is 8.35. The van der Waals surface area contributed by atoms with E-state index < -0.39 is 20.2 Å². The second kappa shape index (κ2) is 13.0. The van der Waals surface area contributed by atoms with Gasteiger partial charge in [-0.1, -0.05) is 76.2 Å². The fraction of sp³-hybridized carbons (Fsp3) is 0.286. The molecule has 0 aliphatic rings. The monoisotopic (exact) mass is 566 g/mol. The van der Waals surface area contributed by atoms with Gasteiger partial charge in [-0.15, -0.1) is 0 Å². The van der Waals surface area contributed by atoms with Crippen molar-refractivity contribution in [3.05, 3.63) is 82.9 Å². The molecule has 0 heterocycles. The second-order valence-corrected chi connectivity index (χ2v) is 11.1. The Morgan fingerprint density at radius 2 is 0.892 bits per heavy atom. The molecular weight excluding hydrogens is 537 g/mol. The standard InChI is InChI=1S/2C14H16O3S.Ca/c2*1-3-10-9-11-7-5-6-8-13(11)12(4-2)14(10)18(15,16)17;/h2*5-9H,3-4H2,1-2H3,(H,15,16,17);/q;;+2/p-2. The largest absolute Gasteiger partial charge is 2.00 e. The topological polar surface area (TPSA) is 114 Å². The van der Waals surface area contributed by atoms with E-state index in [0.717, 1.165) is 21.5 Å². The minimum Gasteiger partial charge on any atom is -0.744 e. The van der Waals surface area contributed by atoms with Gasteiger partial charge in [0, 0.05) is 0 Å². The Morgan fingerprint density at radius 3 is 1.16 bits per heavy atom. The van der Waals surface area contributed by atoms with Gasteiger partial charge in [-0.3, -0.25) is 0 Å². The molecule has 192 valence electrons. The van der Waals surface area contributed by atoms with Crippen LogP contribution >= 0.6 is 0 Å². The van der Waals surface area contributed by atoms with Gasteiger partial charge < -0.3 is 9.11 Å². The van der Waals surface area contributed by atoms with Crippen molar-refractivity contribution in [1.82, 2.24) is 0 Å². The summed E-state index contributed by atoms with van der Waals surface area (Å²) >= 11 is 0. The molecule has 0 aromatic heterocycles. The van der Waals surface area contributed by atoms with Crippen molar-refractivity contribution in [2.75, 3.05) is 0 Å². The number of hydrogen-bond acceptors (Lipinski definition) is 6. The summed E-state index contributed by atoms with van der Waals surface area (Å²) in [4.78, 5) is -0.0441. The Kier molecular flexibility index (Phi) is 11.2. The molecule has 0 atom stereocenters. The summed E-state index contributed by atoms with van der Waals surface area (Å²) in [6, 6.07) is 18.7. The van der Waals surface area contributed by atoms with Gasteiger partial charge >= 0.3 is 37.7 Å². The molecule has 0 aliphatic carbocycles. The van der Waals surface area contributed by atoms with E-state index in [9.17, 15) is 25.9 Å². The van der Waals surface area contributed by atoms with Crippen molar-refractivity contribution in [3.8, 4) is 0 Å². The van der Waals surface area contributed by atoms with Crippen LogP contribution < -0.4 is 0 Å². The molecule has 0 spiro atoms. The molecule has 0 aliphatic heterocycles. The predicted molar refractivity (Wildman–Crippen MR) is 147 cm³/mol. The van der Waals surface area contributed by atoms with Crippen LogP contribution in [0.4, 0.5) is 0 Å². The summed E-state index contributed by atoms with van der Waals surface area (Å²) in [5.41, 5.74) is 2.50. The van der Waals surface area contributed by atoms with Crippen LogP contribution in [0.3, 0.4) is 0 Å². The fourth-order valence-electron chi connectivity index (χ4n) is 4.78. The average molecular weight is 567 g/mol. The fourth-order valence-corrected chi connectivity index (χ4v) is 6.95. The zero-order valence-electron chi connectivity index (χ0n) is 21.6. The van der Waals surface area contributed by atoms with Crippen LogP contribution in [0.25, 0.3) is 21.5 Å². The van der Waals surface area contributed by atoms with Crippen molar-refractivity contribution in [2.24, 2.45) is 0 Å². The number of aryl methyl sites for hydroxylation is 4. The number of hydrogen-bond donors (Lipinski definition) is 0. The molecular formula is C28H30CaO6S2. The van der Waals surface area contributed by atoms with E-state index >= 15 is 0 Å². The van der Waals surface area contributed by atoms with Crippen molar-refractivity contribution in [2.45, 2.75) is 63.2 Å². The van der Waals surface area contributed by atoms with Crippen molar-refractivity contribution < 1.29 is 25.9 Å². The molecule has 4 rings (SSSR count). The van der Waals surface area contributed by atoms with E-state index in [4.69, 9.17) is 0 Å². The molecule has 0 unspecified atom stereocenters. The maximum absolute atomic E-state index is 11.5. The minimum atomic E-state index is -4.43. The first-order chi connectivity index (χ1) is 17.0. The Morgan fingerprint density at radius 1 is 0.568 bits per heavy atom. The maximum atomic E-state index is 11.5. The number of rotatable bonds is 6. The van der Waals surface area contributed by atoms with Gasteiger partial charge in [0.1, 0.15) is 20.2 Å². The Bertz CT molecular complexity index is 1500. The average Bonchev–Trinajstić information content (AvgIpc) is 2.85. The molecule has 0 amide bonds. The van der Waals surface area contributed by atoms with E-state index in [1.165, 1.54) is 0 Å². The SMILES string of the molecule is CCc1cc2ccccc2c(CC)c1S(=O)(=O)[O-].CCc1cc2ccccc2c(CC)c1S(=O)(=O)[O-].[Ca+2]. The first kappa shape index (κ1) is 31.7. The predicted octanol–water partition coefficient (Wildman–Crippen LogP) is 5.36. The zero-order chi connectivity index (χ0) is 26.7. The first-order valence-electron chi connectivity index (χ1n) is 12.0. The van der Waals surface area contributed by atoms with E-state index in [1.807, 2.05) is 76.2 Å². The van der Waals surface area contributed by atoms with Crippen LogP contribution in [0.5, 0.6) is 0 Å². The normalized spacial score (nSPS) is 11.6. The van der Waals surface area contributed by atoms with Gasteiger partial charge in [-0.2, -0.15) is 0 Å². The van der Waals surface area contributed by atoms with Gasteiger partial charge in [0.25, 0.3) is 0 Å². The first-order valence-corrected chi connectivity index (χ1v) is 14.8. The molecule has 0 N–H and O–H groups in total. The summed E-state index contributed by atoms with van der Waals surface area (Å²) in [5, 5.41) is 3.68. The summed E-state index contributed by atoms with van der Waals surface area (Å²) in [5.74, 6) is 0. The van der Waals surface area contributed by atoms with Gasteiger partial charge in [-0.05, 0) is 81.6 Å². The van der Waals surface area contributed by atoms with E-state index in [2.05, 4.69) is 0 Å². The summed E-state index contributed by atoms with van der Waals surface area (Å²) in [7, 11) is -8.86. The Labute approximate surface area is 249 Å². The Hall–Kier alpha value is -1.52. The third-order valence-electron chi connectivity index (χ3n) is 6.33. The van der Waals surface area contributed by atoms with Crippen LogP contribution in [0.1, 0.15) is 49.9 Å².